The number of carbonyl (C=O) groups excluding carboxylic acids is 1. The van der Waals surface area contributed by atoms with Crippen LogP contribution in [-0.2, 0) is 13.1 Å². The topological polar surface area (TPSA) is 64.7 Å². The molecule has 3 rings (SSSR count). The lowest BCUT2D eigenvalue weighted by Crippen LogP contribution is -2.12. The average molecular weight is 443 g/mol. The third kappa shape index (κ3) is 4.23. The van der Waals surface area contributed by atoms with Gasteiger partial charge in [-0.05, 0) is 40.5 Å². The van der Waals surface area contributed by atoms with Crippen molar-refractivity contribution in [1.29, 1.82) is 0 Å². The van der Waals surface area contributed by atoms with Crippen LogP contribution in [0.25, 0.3) is 0 Å². The lowest BCUT2D eigenvalue weighted by molar-refractivity contribution is 0.102. The van der Waals surface area contributed by atoms with E-state index in [1.54, 1.807) is 33.9 Å². The maximum absolute atomic E-state index is 12.3. The minimum absolute atomic E-state index is 0.268. The van der Waals surface area contributed by atoms with E-state index in [1.807, 2.05) is 13.0 Å². The summed E-state index contributed by atoms with van der Waals surface area (Å²) in [6.45, 7) is 3.11. The average Bonchev–Trinajstić information content (AvgIpc) is 3.17. The van der Waals surface area contributed by atoms with Gasteiger partial charge in [0.2, 0.25) is 0 Å². The van der Waals surface area contributed by atoms with Gasteiger partial charge in [-0.3, -0.25) is 14.2 Å². The molecular formula is C16H14BrCl2N5O. The Morgan fingerprint density at radius 3 is 2.76 bits per heavy atom. The molecule has 0 aliphatic carbocycles. The number of benzene rings is 1. The molecule has 0 aliphatic rings. The van der Waals surface area contributed by atoms with Gasteiger partial charge >= 0.3 is 0 Å². The molecule has 0 fully saturated rings. The summed E-state index contributed by atoms with van der Waals surface area (Å²) in [4.78, 5) is 12.3. The normalized spacial score (nSPS) is 10.9. The van der Waals surface area contributed by atoms with E-state index < -0.39 is 0 Å². The Morgan fingerprint density at radius 1 is 1.28 bits per heavy atom. The molecule has 0 atom stereocenters. The van der Waals surface area contributed by atoms with Crippen molar-refractivity contribution < 1.29 is 4.79 Å². The van der Waals surface area contributed by atoms with E-state index in [-0.39, 0.29) is 5.91 Å². The SMILES string of the molecule is CCn1cc(C(=O)Nc2nn(Cc3ccc(Cl)cc3Cl)cc2Br)cn1. The summed E-state index contributed by atoms with van der Waals surface area (Å²) in [6.07, 6.45) is 4.99. The first-order chi connectivity index (χ1) is 12.0. The molecule has 3 aromatic rings. The molecule has 0 bridgehead atoms. The summed E-state index contributed by atoms with van der Waals surface area (Å²) < 4.78 is 4.05. The lowest BCUT2D eigenvalue weighted by Gasteiger charge is -2.05. The van der Waals surface area contributed by atoms with Gasteiger partial charge in [0.05, 0.1) is 22.8 Å². The van der Waals surface area contributed by atoms with Crippen LogP contribution in [0.15, 0.2) is 41.3 Å². The van der Waals surface area contributed by atoms with E-state index in [9.17, 15) is 4.79 Å². The lowest BCUT2D eigenvalue weighted by atomic mass is 10.2. The quantitative estimate of drug-likeness (QED) is 0.633. The molecule has 1 N–H and O–H groups in total. The van der Waals surface area contributed by atoms with Gasteiger partial charge in [-0.1, -0.05) is 29.3 Å². The zero-order valence-electron chi connectivity index (χ0n) is 13.2. The van der Waals surface area contributed by atoms with Crippen LogP contribution in [0, 0.1) is 0 Å². The van der Waals surface area contributed by atoms with Gasteiger partial charge in [0, 0.05) is 29.0 Å². The van der Waals surface area contributed by atoms with Crippen LogP contribution >= 0.6 is 39.1 Å². The highest BCUT2D eigenvalue weighted by atomic mass is 79.9. The third-order valence-corrected chi connectivity index (χ3v) is 4.68. The smallest absolute Gasteiger partial charge is 0.260 e. The van der Waals surface area contributed by atoms with Crippen LogP contribution in [0.2, 0.25) is 10.0 Å². The number of aryl methyl sites for hydroxylation is 1. The van der Waals surface area contributed by atoms with Gasteiger partial charge in [-0.25, -0.2) is 0 Å². The van der Waals surface area contributed by atoms with Gasteiger partial charge < -0.3 is 5.32 Å². The molecule has 25 heavy (non-hydrogen) atoms. The second-order valence-electron chi connectivity index (χ2n) is 5.30. The Bertz CT molecular complexity index is 921. The molecule has 0 aliphatic heterocycles. The highest BCUT2D eigenvalue weighted by molar-refractivity contribution is 9.10. The molecule has 1 amide bonds. The fourth-order valence-corrected chi connectivity index (χ4v) is 3.10. The van der Waals surface area contributed by atoms with Gasteiger partial charge in [-0.15, -0.1) is 0 Å². The summed E-state index contributed by atoms with van der Waals surface area (Å²) in [5.74, 6) is 0.162. The van der Waals surface area contributed by atoms with E-state index in [1.165, 1.54) is 6.20 Å². The molecule has 9 heteroatoms. The molecule has 1 aromatic carbocycles. The van der Waals surface area contributed by atoms with Crippen molar-refractivity contribution in [1.82, 2.24) is 19.6 Å². The van der Waals surface area contributed by atoms with Crippen molar-refractivity contribution in [2.45, 2.75) is 20.0 Å². The number of amides is 1. The maximum Gasteiger partial charge on any atom is 0.260 e. The van der Waals surface area contributed by atoms with Crippen LogP contribution in [0.4, 0.5) is 5.82 Å². The number of nitrogens with one attached hydrogen (secondary N) is 1. The summed E-state index contributed by atoms with van der Waals surface area (Å²) in [5.41, 5.74) is 1.35. The molecule has 0 spiro atoms. The zero-order chi connectivity index (χ0) is 18.0. The maximum atomic E-state index is 12.3. The van der Waals surface area contributed by atoms with Gasteiger partial charge in [-0.2, -0.15) is 10.2 Å². The predicted octanol–water partition coefficient (Wildman–Crippen LogP) is 4.47. The van der Waals surface area contributed by atoms with Crippen molar-refractivity contribution >= 4 is 50.9 Å². The number of aromatic nitrogens is 4. The second-order valence-corrected chi connectivity index (χ2v) is 7.00. The van der Waals surface area contributed by atoms with Crippen molar-refractivity contribution in [3.63, 3.8) is 0 Å². The number of nitrogens with zero attached hydrogens (tertiary/aromatic N) is 4. The number of carbonyl (C=O) groups is 1. The van der Waals surface area contributed by atoms with Gasteiger partial charge in [0.1, 0.15) is 0 Å². The first-order valence-electron chi connectivity index (χ1n) is 7.47. The Labute approximate surface area is 162 Å². The molecule has 130 valence electrons. The number of halogens is 3. The molecule has 0 unspecified atom stereocenters. The second kappa shape index (κ2) is 7.59. The highest BCUT2D eigenvalue weighted by Crippen LogP contribution is 2.24. The summed E-state index contributed by atoms with van der Waals surface area (Å²) in [7, 11) is 0. The highest BCUT2D eigenvalue weighted by Gasteiger charge is 2.14. The molecule has 0 radical (unpaired) electrons. The molecule has 6 nitrogen and oxygen atoms in total. The van der Waals surface area contributed by atoms with Gasteiger partial charge in [0.15, 0.2) is 5.82 Å². The predicted molar refractivity (Wildman–Crippen MR) is 101 cm³/mol. The first kappa shape index (κ1) is 18.0. The van der Waals surface area contributed by atoms with Crippen molar-refractivity contribution in [2.24, 2.45) is 0 Å². The largest absolute Gasteiger partial charge is 0.304 e. The molecule has 2 heterocycles. The first-order valence-corrected chi connectivity index (χ1v) is 9.02. The molecule has 0 saturated carbocycles. The van der Waals surface area contributed by atoms with E-state index >= 15 is 0 Å². The third-order valence-electron chi connectivity index (χ3n) is 3.52. The summed E-state index contributed by atoms with van der Waals surface area (Å²) in [5, 5.41) is 12.4. The van der Waals surface area contributed by atoms with Crippen LogP contribution < -0.4 is 5.32 Å². The summed E-state index contributed by atoms with van der Waals surface area (Å²) in [6, 6.07) is 5.30. The van der Waals surface area contributed by atoms with Crippen molar-refractivity contribution in [2.75, 3.05) is 5.32 Å². The summed E-state index contributed by atoms with van der Waals surface area (Å²) >= 11 is 15.5. The van der Waals surface area contributed by atoms with Gasteiger partial charge in [0.25, 0.3) is 5.91 Å². The van der Waals surface area contributed by atoms with E-state index in [4.69, 9.17) is 23.2 Å². The van der Waals surface area contributed by atoms with Crippen LogP contribution in [0.1, 0.15) is 22.8 Å². The molecule has 2 aromatic heterocycles. The Morgan fingerprint density at radius 2 is 2.08 bits per heavy atom. The van der Waals surface area contributed by atoms with E-state index in [0.717, 1.165) is 5.56 Å². The van der Waals surface area contributed by atoms with Crippen molar-refractivity contribution in [3.05, 3.63) is 62.4 Å². The van der Waals surface area contributed by atoms with Crippen LogP contribution in [0.3, 0.4) is 0 Å². The number of hydrogen-bond donors (Lipinski definition) is 1. The van der Waals surface area contributed by atoms with Crippen molar-refractivity contribution in [3.8, 4) is 0 Å². The minimum atomic E-state index is -0.268. The number of rotatable bonds is 5. The Balaban J connectivity index is 1.74. The van der Waals surface area contributed by atoms with E-state index in [0.29, 0.717) is 39.0 Å². The zero-order valence-corrected chi connectivity index (χ0v) is 16.3. The Kier molecular flexibility index (Phi) is 5.46. The minimum Gasteiger partial charge on any atom is -0.304 e. The molecule has 0 saturated heterocycles. The number of anilines is 1. The monoisotopic (exact) mass is 441 g/mol. The molecular weight excluding hydrogens is 429 g/mol. The van der Waals surface area contributed by atoms with E-state index in [2.05, 4.69) is 31.4 Å². The van der Waals surface area contributed by atoms with Crippen LogP contribution in [0.5, 0.6) is 0 Å². The Hall–Kier alpha value is -1.83. The fraction of sp³-hybridized carbons (Fsp3) is 0.188. The fourth-order valence-electron chi connectivity index (χ4n) is 2.22. The van der Waals surface area contributed by atoms with Crippen LogP contribution in [-0.4, -0.2) is 25.5 Å². The number of hydrogen-bond acceptors (Lipinski definition) is 3. The standard InChI is InChI=1S/C16H14BrCl2N5O/c1-2-23-8-11(6-20-23)16(25)21-15-13(17)9-24(22-15)7-10-3-4-12(18)5-14(10)19/h3-6,8-9H,2,7H2,1H3,(H,21,22,25).